The van der Waals surface area contributed by atoms with Gasteiger partial charge in [-0.05, 0) is 73.3 Å². The fourth-order valence-electron chi connectivity index (χ4n) is 5.91. The van der Waals surface area contributed by atoms with Gasteiger partial charge in [-0.2, -0.15) is 13.2 Å². The normalized spacial score (nSPS) is 17.1. The van der Waals surface area contributed by atoms with Crippen LogP contribution in [0.25, 0.3) is 0 Å². The van der Waals surface area contributed by atoms with E-state index in [0.717, 1.165) is 42.1 Å². The van der Waals surface area contributed by atoms with Gasteiger partial charge in [-0.15, -0.1) is 0 Å². The van der Waals surface area contributed by atoms with Gasteiger partial charge in [0.1, 0.15) is 0 Å². The second kappa shape index (κ2) is 11.4. The number of hydrogen-bond donors (Lipinski definition) is 3. The van der Waals surface area contributed by atoms with Gasteiger partial charge in [-0.1, -0.05) is 42.8 Å². The number of piperidine rings is 1. The molecule has 2 heterocycles. The van der Waals surface area contributed by atoms with Crippen LogP contribution >= 0.6 is 0 Å². The summed E-state index contributed by atoms with van der Waals surface area (Å²) in [6.45, 7) is 0.965. The summed E-state index contributed by atoms with van der Waals surface area (Å²) in [4.78, 5) is 33.0. The summed E-state index contributed by atoms with van der Waals surface area (Å²) in [5, 5.41) is 12.2. The molecular formula is C30H32F3N5O3. The zero-order valence-electron chi connectivity index (χ0n) is 22.5. The number of carbonyl (C=O) groups is 2. The van der Waals surface area contributed by atoms with Gasteiger partial charge < -0.3 is 21.1 Å². The lowest BCUT2D eigenvalue weighted by Crippen LogP contribution is -2.47. The second-order valence-electron chi connectivity index (χ2n) is 10.8. The fourth-order valence-corrected chi connectivity index (χ4v) is 5.91. The molecule has 5 rings (SSSR count). The highest BCUT2D eigenvalue weighted by molar-refractivity contribution is 5.88. The number of rotatable bonds is 8. The van der Waals surface area contributed by atoms with E-state index in [9.17, 15) is 22.8 Å². The van der Waals surface area contributed by atoms with Crippen molar-refractivity contribution in [3.05, 3.63) is 82.7 Å². The summed E-state index contributed by atoms with van der Waals surface area (Å²) in [5.74, 6) is -0.112. The zero-order chi connectivity index (χ0) is 29.2. The van der Waals surface area contributed by atoms with E-state index in [4.69, 9.17) is 10.8 Å². The Hall–Kier alpha value is -4.15. The summed E-state index contributed by atoms with van der Waals surface area (Å²) < 4.78 is 41.6. The standard InChI is InChI=1S/C30H32F3N5O3/c31-30(32,33)24-18-35-27(36-22-9-6-19(7-10-22)20-12-16-38(17-13-20)28(40)41)37-25(24)11-8-21-4-1-2-5-23(21)29(26(34)39)14-3-15-29/h1-2,4-7,9-10,18,20H,3,8,11-17H2,(H2,34,39)(H,40,41)(H,35,36,37). The highest BCUT2D eigenvalue weighted by Crippen LogP contribution is 2.45. The van der Waals surface area contributed by atoms with E-state index in [1.165, 1.54) is 4.90 Å². The van der Waals surface area contributed by atoms with Crippen molar-refractivity contribution in [3.8, 4) is 0 Å². The number of halogens is 3. The number of aromatic nitrogens is 2. The van der Waals surface area contributed by atoms with Crippen LogP contribution in [0.4, 0.5) is 29.6 Å². The first-order valence-corrected chi connectivity index (χ1v) is 13.7. The Bertz CT molecular complexity index is 1420. The van der Waals surface area contributed by atoms with Crippen molar-refractivity contribution in [2.45, 2.75) is 62.5 Å². The van der Waals surface area contributed by atoms with E-state index in [1.807, 2.05) is 48.5 Å². The van der Waals surface area contributed by atoms with Crippen LogP contribution in [0.15, 0.2) is 54.7 Å². The molecule has 2 amide bonds. The highest BCUT2D eigenvalue weighted by atomic mass is 19.4. The van der Waals surface area contributed by atoms with E-state index < -0.39 is 29.2 Å². The number of anilines is 2. The van der Waals surface area contributed by atoms with Crippen molar-refractivity contribution in [2.75, 3.05) is 18.4 Å². The summed E-state index contributed by atoms with van der Waals surface area (Å²) in [7, 11) is 0. The minimum Gasteiger partial charge on any atom is -0.465 e. The van der Waals surface area contributed by atoms with Gasteiger partial charge >= 0.3 is 12.3 Å². The number of carboxylic acid groups (broad SMARTS) is 1. The Morgan fingerprint density at radius 2 is 1.73 bits per heavy atom. The smallest absolute Gasteiger partial charge is 0.419 e. The van der Waals surface area contributed by atoms with Crippen LogP contribution < -0.4 is 11.1 Å². The number of nitrogens with zero attached hydrogens (tertiary/aromatic N) is 3. The van der Waals surface area contributed by atoms with Gasteiger partial charge in [0, 0.05) is 25.0 Å². The molecule has 0 unspecified atom stereocenters. The minimum absolute atomic E-state index is 0.00583. The molecule has 2 aliphatic rings. The number of aryl methyl sites for hydroxylation is 2. The monoisotopic (exact) mass is 567 g/mol. The SMILES string of the molecule is NC(=O)C1(c2ccccc2CCc2nc(Nc3ccc(C4CCN(C(=O)O)CC4)cc3)ncc2C(F)(F)F)CCC1. The minimum atomic E-state index is -4.62. The van der Waals surface area contributed by atoms with E-state index >= 15 is 0 Å². The molecule has 2 aromatic carbocycles. The Morgan fingerprint density at radius 1 is 1.05 bits per heavy atom. The summed E-state index contributed by atoms with van der Waals surface area (Å²) in [6.07, 6.45) is -0.845. The van der Waals surface area contributed by atoms with Crippen LogP contribution in [0.1, 0.15) is 66.0 Å². The molecule has 1 aliphatic heterocycles. The predicted molar refractivity (Wildman–Crippen MR) is 147 cm³/mol. The first kappa shape index (κ1) is 28.4. The molecule has 0 radical (unpaired) electrons. The predicted octanol–water partition coefficient (Wildman–Crippen LogP) is 5.79. The van der Waals surface area contributed by atoms with Crippen LogP contribution in [-0.4, -0.2) is 45.1 Å². The Morgan fingerprint density at radius 3 is 2.32 bits per heavy atom. The van der Waals surface area contributed by atoms with Crippen molar-refractivity contribution in [2.24, 2.45) is 5.73 Å². The molecule has 8 nitrogen and oxygen atoms in total. The van der Waals surface area contributed by atoms with Crippen LogP contribution in [0.2, 0.25) is 0 Å². The number of carbonyl (C=O) groups excluding carboxylic acids is 1. The molecule has 1 aromatic heterocycles. The third-order valence-corrected chi connectivity index (χ3v) is 8.42. The van der Waals surface area contributed by atoms with Crippen molar-refractivity contribution < 1.29 is 27.9 Å². The quantitative estimate of drug-likeness (QED) is 0.317. The molecule has 0 atom stereocenters. The number of nitrogens with one attached hydrogen (secondary N) is 1. The lowest BCUT2D eigenvalue weighted by molar-refractivity contribution is -0.138. The third-order valence-electron chi connectivity index (χ3n) is 8.42. The lowest BCUT2D eigenvalue weighted by Gasteiger charge is -2.40. The third kappa shape index (κ3) is 5.98. The number of amides is 2. The Balaban J connectivity index is 1.32. The number of hydrogen-bond acceptors (Lipinski definition) is 5. The summed E-state index contributed by atoms with van der Waals surface area (Å²) >= 11 is 0. The number of likely N-dealkylation sites (tertiary alicyclic amines) is 1. The van der Waals surface area contributed by atoms with E-state index in [2.05, 4.69) is 15.3 Å². The first-order valence-electron chi connectivity index (χ1n) is 13.7. The molecule has 4 N–H and O–H groups in total. The van der Waals surface area contributed by atoms with Crippen LogP contribution in [-0.2, 0) is 29.2 Å². The molecular weight excluding hydrogens is 535 g/mol. The van der Waals surface area contributed by atoms with Gasteiger partial charge in [-0.25, -0.2) is 14.8 Å². The average molecular weight is 568 g/mol. The Kier molecular flexibility index (Phi) is 7.88. The van der Waals surface area contributed by atoms with Crippen LogP contribution in [0.3, 0.4) is 0 Å². The van der Waals surface area contributed by atoms with Gasteiger partial charge in [-0.3, -0.25) is 4.79 Å². The maximum absolute atomic E-state index is 13.9. The molecule has 1 aliphatic carbocycles. The number of primary amides is 1. The van der Waals surface area contributed by atoms with Gasteiger partial charge in [0.25, 0.3) is 0 Å². The molecule has 1 saturated heterocycles. The van der Waals surface area contributed by atoms with Gasteiger partial charge in [0.2, 0.25) is 11.9 Å². The number of nitrogens with two attached hydrogens (primary N) is 1. The first-order chi connectivity index (χ1) is 19.6. The maximum Gasteiger partial charge on any atom is 0.419 e. The maximum atomic E-state index is 13.9. The largest absolute Gasteiger partial charge is 0.465 e. The molecule has 41 heavy (non-hydrogen) atoms. The molecule has 0 spiro atoms. The highest BCUT2D eigenvalue weighted by Gasteiger charge is 2.45. The van der Waals surface area contributed by atoms with E-state index in [-0.39, 0.29) is 30.4 Å². The number of alkyl halides is 3. The van der Waals surface area contributed by atoms with E-state index in [0.29, 0.717) is 31.6 Å². The van der Waals surface area contributed by atoms with Crippen molar-refractivity contribution in [1.29, 1.82) is 0 Å². The van der Waals surface area contributed by atoms with Gasteiger partial charge in [0.05, 0.1) is 16.7 Å². The molecule has 0 bridgehead atoms. The van der Waals surface area contributed by atoms with Crippen molar-refractivity contribution in [3.63, 3.8) is 0 Å². The van der Waals surface area contributed by atoms with Crippen molar-refractivity contribution in [1.82, 2.24) is 14.9 Å². The molecule has 1 saturated carbocycles. The molecule has 11 heteroatoms. The second-order valence-corrected chi connectivity index (χ2v) is 10.8. The average Bonchev–Trinajstić information content (AvgIpc) is 2.92. The number of benzene rings is 2. The Labute approximate surface area is 235 Å². The van der Waals surface area contributed by atoms with Gasteiger partial charge in [0.15, 0.2) is 0 Å². The summed E-state index contributed by atoms with van der Waals surface area (Å²) in [6, 6.07) is 14.8. The van der Waals surface area contributed by atoms with Crippen LogP contribution in [0.5, 0.6) is 0 Å². The van der Waals surface area contributed by atoms with Crippen molar-refractivity contribution >= 4 is 23.6 Å². The topological polar surface area (TPSA) is 121 Å². The fraction of sp³-hybridized carbons (Fsp3) is 0.400. The van der Waals surface area contributed by atoms with E-state index in [1.54, 1.807) is 0 Å². The molecule has 216 valence electrons. The molecule has 2 fully saturated rings. The zero-order valence-corrected chi connectivity index (χ0v) is 22.5. The molecule has 3 aromatic rings. The summed E-state index contributed by atoms with van der Waals surface area (Å²) in [5.41, 5.74) is 7.24. The lowest BCUT2D eigenvalue weighted by atomic mass is 9.62. The van der Waals surface area contributed by atoms with Crippen LogP contribution in [0, 0.1) is 0 Å².